The molecule has 1 heterocycles. The lowest BCUT2D eigenvalue weighted by Crippen LogP contribution is -2.36. The Morgan fingerprint density at radius 2 is 2.04 bits per heavy atom. The first-order valence-corrected chi connectivity index (χ1v) is 9.22. The maximum Gasteiger partial charge on any atom is 0.418 e. The number of carboxylic acid groups (broad SMARTS) is 1. The van der Waals surface area contributed by atoms with Crippen molar-refractivity contribution in [3.8, 4) is 0 Å². The Kier molecular flexibility index (Phi) is 4.03. The number of benzene rings is 1. The van der Waals surface area contributed by atoms with Gasteiger partial charge in [-0.25, -0.2) is 13.6 Å². The van der Waals surface area contributed by atoms with E-state index in [-0.39, 0.29) is 24.7 Å². The van der Waals surface area contributed by atoms with Crippen molar-refractivity contribution in [1.29, 1.82) is 0 Å². The number of fused-ring (bicyclic) bond motifs is 1. The van der Waals surface area contributed by atoms with Gasteiger partial charge in [-0.05, 0) is 37.0 Å². The Labute approximate surface area is 142 Å². The van der Waals surface area contributed by atoms with E-state index in [4.69, 9.17) is 5.14 Å². The van der Waals surface area contributed by atoms with Crippen LogP contribution in [-0.4, -0.2) is 32.6 Å². The average Bonchev–Trinajstić information content (AvgIpc) is 3.02. The molecule has 1 aliphatic carbocycles. The maximum atomic E-state index is 13.4. The van der Waals surface area contributed by atoms with Crippen LogP contribution in [0.1, 0.15) is 24.8 Å². The summed E-state index contributed by atoms with van der Waals surface area (Å²) in [6.45, 7) is 0.175. The lowest BCUT2D eigenvalue weighted by Gasteiger charge is -2.26. The van der Waals surface area contributed by atoms with E-state index < -0.39 is 38.0 Å². The third-order valence-electron chi connectivity index (χ3n) is 5.24. The number of sulfonamides is 1. The highest BCUT2D eigenvalue weighted by molar-refractivity contribution is 7.89. The normalized spacial score (nSPS) is 26.7. The molecule has 0 bridgehead atoms. The summed E-state index contributed by atoms with van der Waals surface area (Å²) in [6, 6.07) is 2.58. The summed E-state index contributed by atoms with van der Waals surface area (Å²) in [6.07, 6.45) is -2.97. The van der Waals surface area contributed by atoms with Crippen LogP contribution in [0.3, 0.4) is 0 Å². The van der Waals surface area contributed by atoms with E-state index in [1.54, 1.807) is 0 Å². The molecule has 25 heavy (non-hydrogen) atoms. The SMILES string of the molecule is NS(=O)(=O)c1ccc(N2C[C@@H]3CCC[C@@]3(C(=O)O)C2)c(C(F)(F)F)c1. The first kappa shape index (κ1) is 18.0. The highest BCUT2D eigenvalue weighted by Crippen LogP contribution is 2.51. The van der Waals surface area contributed by atoms with E-state index in [2.05, 4.69) is 0 Å². The zero-order chi connectivity index (χ0) is 18.6. The highest BCUT2D eigenvalue weighted by atomic mass is 32.2. The van der Waals surface area contributed by atoms with Crippen LogP contribution in [0.15, 0.2) is 23.1 Å². The molecule has 0 spiro atoms. The summed E-state index contributed by atoms with van der Waals surface area (Å²) in [7, 11) is -4.28. The van der Waals surface area contributed by atoms with Crippen LogP contribution in [0.5, 0.6) is 0 Å². The standard InChI is InChI=1S/C15H17F3N2O4S/c16-15(17,18)11-6-10(25(19,23)24)3-4-12(11)20-7-9-2-1-5-14(9,8-20)13(21)22/h3-4,6,9H,1-2,5,7-8H2,(H,21,22)(H2,19,23,24)/t9-,14+/m0/s1. The minimum atomic E-state index is -4.79. The number of carboxylic acids is 1. The van der Waals surface area contributed by atoms with Gasteiger partial charge in [0.1, 0.15) is 0 Å². The Morgan fingerprint density at radius 3 is 2.56 bits per heavy atom. The van der Waals surface area contributed by atoms with Gasteiger partial charge in [-0.15, -0.1) is 0 Å². The summed E-state index contributed by atoms with van der Waals surface area (Å²) in [5, 5.41) is 14.5. The number of anilines is 1. The third kappa shape index (κ3) is 2.97. The molecule has 2 aliphatic rings. The van der Waals surface area contributed by atoms with Crippen molar-refractivity contribution >= 4 is 21.7 Å². The van der Waals surface area contributed by atoms with Crippen LogP contribution in [0.2, 0.25) is 0 Å². The van der Waals surface area contributed by atoms with Gasteiger partial charge in [0.05, 0.1) is 15.9 Å². The number of halogens is 3. The molecule has 3 rings (SSSR count). The van der Waals surface area contributed by atoms with Crippen molar-refractivity contribution in [2.45, 2.75) is 30.3 Å². The van der Waals surface area contributed by atoms with Crippen LogP contribution in [-0.2, 0) is 21.0 Å². The van der Waals surface area contributed by atoms with Gasteiger partial charge in [0, 0.05) is 18.8 Å². The van der Waals surface area contributed by atoms with Crippen LogP contribution >= 0.6 is 0 Å². The first-order chi connectivity index (χ1) is 11.4. The second-order valence-corrected chi connectivity index (χ2v) is 8.21. The van der Waals surface area contributed by atoms with Crippen LogP contribution in [0.4, 0.5) is 18.9 Å². The number of nitrogens with two attached hydrogens (primary N) is 1. The molecule has 1 aromatic carbocycles. The maximum absolute atomic E-state index is 13.4. The van der Waals surface area contributed by atoms with E-state index in [0.717, 1.165) is 18.6 Å². The molecule has 1 aromatic rings. The molecule has 2 fully saturated rings. The van der Waals surface area contributed by atoms with E-state index in [9.17, 15) is 31.5 Å². The molecule has 1 saturated heterocycles. The summed E-state index contributed by atoms with van der Waals surface area (Å²) in [5.74, 6) is -1.21. The number of rotatable bonds is 3. The fourth-order valence-corrected chi connectivity index (χ4v) is 4.56. The fraction of sp³-hybridized carbons (Fsp3) is 0.533. The van der Waals surface area contributed by atoms with E-state index in [0.29, 0.717) is 18.9 Å². The van der Waals surface area contributed by atoms with Gasteiger partial charge in [-0.2, -0.15) is 13.2 Å². The second-order valence-electron chi connectivity index (χ2n) is 6.65. The van der Waals surface area contributed by atoms with Gasteiger partial charge < -0.3 is 10.0 Å². The van der Waals surface area contributed by atoms with Gasteiger partial charge in [-0.3, -0.25) is 4.79 Å². The van der Waals surface area contributed by atoms with Gasteiger partial charge >= 0.3 is 12.1 Å². The average molecular weight is 378 g/mol. The Hall–Kier alpha value is -1.81. The molecule has 0 aromatic heterocycles. The molecular formula is C15H17F3N2O4S. The Bertz CT molecular complexity index is 825. The molecule has 138 valence electrons. The zero-order valence-corrected chi connectivity index (χ0v) is 13.9. The number of primary sulfonamides is 1. The van der Waals surface area contributed by atoms with Gasteiger partial charge in [0.15, 0.2) is 0 Å². The summed E-state index contributed by atoms with van der Waals surface area (Å²) in [5.41, 5.74) is -2.38. The van der Waals surface area contributed by atoms with Gasteiger partial charge in [0.2, 0.25) is 10.0 Å². The second kappa shape index (κ2) is 5.60. The molecule has 2 atom stereocenters. The summed E-state index contributed by atoms with van der Waals surface area (Å²) < 4.78 is 63.0. The largest absolute Gasteiger partial charge is 0.481 e. The molecule has 3 N–H and O–H groups in total. The van der Waals surface area contributed by atoms with Gasteiger partial charge in [-0.1, -0.05) is 6.42 Å². The van der Waals surface area contributed by atoms with Crippen LogP contribution in [0.25, 0.3) is 0 Å². The first-order valence-electron chi connectivity index (χ1n) is 7.67. The van der Waals surface area contributed by atoms with E-state index in [1.165, 1.54) is 4.90 Å². The predicted molar refractivity (Wildman–Crippen MR) is 82.4 cm³/mol. The van der Waals surface area contributed by atoms with Crippen molar-refractivity contribution in [2.75, 3.05) is 18.0 Å². The molecule has 0 amide bonds. The van der Waals surface area contributed by atoms with Crippen molar-refractivity contribution in [2.24, 2.45) is 16.5 Å². The molecule has 1 saturated carbocycles. The number of nitrogens with zero attached hydrogens (tertiary/aromatic N) is 1. The summed E-state index contributed by atoms with van der Waals surface area (Å²) >= 11 is 0. The number of aliphatic carboxylic acids is 1. The number of hydrogen-bond acceptors (Lipinski definition) is 4. The molecule has 1 aliphatic heterocycles. The minimum absolute atomic E-state index is 0.0230. The Morgan fingerprint density at radius 1 is 1.36 bits per heavy atom. The fourth-order valence-electron chi connectivity index (χ4n) is 4.02. The predicted octanol–water partition coefficient (Wildman–Crippen LogP) is 2.04. The minimum Gasteiger partial charge on any atom is -0.481 e. The highest BCUT2D eigenvalue weighted by Gasteiger charge is 2.55. The molecule has 10 heteroatoms. The van der Waals surface area contributed by atoms with E-state index in [1.807, 2.05) is 0 Å². The van der Waals surface area contributed by atoms with Crippen molar-refractivity contribution < 1.29 is 31.5 Å². The number of hydrogen-bond donors (Lipinski definition) is 2. The summed E-state index contributed by atoms with van der Waals surface area (Å²) in [4.78, 5) is 12.5. The molecule has 0 unspecified atom stereocenters. The molecule has 0 radical (unpaired) electrons. The number of carbonyl (C=O) groups is 1. The van der Waals surface area contributed by atoms with Crippen molar-refractivity contribution in [3.63, 3.8) is 0 Å². The third-order valence-corrected chi connectivity index (χ3v) is 6.15. The van der Waals surface area contributed by atoms with E-state index >= 15 is 0 Å². The van der Waals surface area contributed by atoms with Crippen molar-refractivity contribution in [1.82, 2.24) is 0 Å². The van der Waals surface area contributed by atoms with Gasteiger partial charge in [0.25, 0.3) is 0 Å². The quantitative estimate of drug-likeness (QED) is 0.838. The topological polar surface area (TPSA) is 101 Å². The lowest BCUT2D eigenvalue weighted by molar-refractivity contribution is -0.149. The lowest BCUT2D eigenvalue weighted by atomic mass is 9.81. The Balaban J connectivity index is 2.05. The zero-order valence-electron chi connectivity index (χ0n) is 13.1. The monoisotopic (exact) mass is 378 g/mol. The van der Waals surface area contributed by atoms with Crippen LogP contribution < -0.4 is 10.0 Å². The van der Waals surface area contributed by atoms with Crippen LogP contribution in [0, 0.1) is 11.3 Å². The van der Waals surface area contributed by atoms with Crippen molar-refractivity contribution in [3.05, 3.63) is 23.8 Å². The molecular weight excluding hydrogens is 361 g/mol. The molecule has 6 nitrogen and oxygen atoms in total. The smallest absolute Gasteiger partial charge is 0.418 e. The number of alkyl halides is 3.